The third-order valence-corrected chi connectivity index (χ3v) is 4.06. The Morgan fingerprint density at radius 1 is 1.07 bits per heavy atom. The monoisotopic (exact) mass is 384 g/mol. The van der Waals surface area contributed by atoms with Gasteiger partial charge < -0.3 is 10.6 Å². The van der Waals surface area contributed by atoms with Crippen LogP contribution in [-0.4, -0.2) is 29.1 Å². The first-order valence-corrected chi connectivity index (χ1v) is 9.53. The zero-order valence-corrected chi connectivity index (χ0v) is 17.6. The number of rotatable bonds is 4. The van der Waals surface area contributed by atoms with Crippen LogP contribution < -0.4 is 10.6 Å². The molecule has 143 valence electrons. The van der Waals surface area contributed by atoms with Gasteiger partial charge in [-0.3, -0.25) is 9.48 Å². The molecule has 3 rings (SSSR count). The van der Waals surface area contributed by atoms with Gasteiger partial charge in [0, 0.05) is 27.3 Å². The molecule has 3 aromatic rings. The van der Waals surface area contributed by atoms with Crippen LogP contribution in [0.2, 0.25) is 0 Å². The number of nitrogens with zero attached hydrogens (tertiary/aromatic N) is 3. The zero-order valence-electron chi connectivity index (χ0n) is 16.8. The Morgan fingerprint density at radius 3 is 2.26 bits per heavy atom. The van der Waals surface area contributed by atoms with Gasteiger partial charge in [0.25, 0.3) is 5.91 Å². The fraction of sp³-hybridized carbons (Fsp3) is 0.316. The molecule has 0 bridgehead atoms. The van der Waals surface area contributed by atoms with E-state index in [-0.39, 0.29) is 14.3 Å². The second-order valence-electron chi connectivity index (χ2n) is 4.78. The topological polar surface area (TPSA) is 71.8 Å². The third kappa shape index (κ3) is 7.26. The number of thiazole rings is 1. The van der Waals surface area contributed by atoms with E-state index < -0.39 is 0 Å². The smallest absolute Gasteiger partial charge is 0.267 e. The van der Waals surface area contributed by atoms with Gasteiger partial charge in [-0.1, -0.05) is 57.2 Å². The van der Waals surface area contributed by atoms with E-state index in [2.05, 4.69) is 20.7 Å². The van der Waals surface area contributed by atoms with Crippen molar-refractivity contribution in [2.75, 3.05) is 10.6 Å². The normalized spacial score (nSPS) is 8.96. The molecular weight excluding hydrogens is 357 g/mol. The first-order valence-electron chi connectivity index (χ1n) is 8.71. The average molecular weight is 384 g/mol. The molecule has 0 unspecified atom stereocenters. The molecule has 0 aliphatic rings. The number of amides is 1. The predicted octanol–water partition coefficient (Wildman–Crippen LogP) is 4.85. The molecule has 0 spiro atoms. The van der Waals surface area contributed by atoms with Crippen molar-refractivity contribution in [3.05, 3.63) is 53.3 Å². The van der Waals surface area contributed by atoms with Crippen LogP contribution in [-0.2, 0) is 7.05 Å². The SMILES string of the molecule is CC.CC.Cc1nc(Nc2cnn(C)c2)sc1C(=O)Nc1ccccc1.[B]. The number of hydrogen-bond donors (Lipinski definition) is 2. The summed E-state index contributed by atoms with van der Waals surface area (Å²) in [6.07, 6.45) is 3.56. The summed E-state index contributed by atoms with van der Waals surface area (Å²) in [5.74, 6) is -0.152. The summed E-state index contributed by atoms with van der Waals surface area (Å²) in [6, 6.07) is 9.37. The molecule has 27 heavy (non-hydrogen) atoms. The fourth-order valence-electron chi connectivity index (χ4n) is 1.98. The second-order valence-corrected chi connectivity index (χ2v) is 5.78. The van der Waals surface area contributed by atoms with E-state index in [0.29, 0.717) is 15.7 Å². The van der Waals surface area contributed by atoms with E-state index in [4.69, 9.17) is 0 Å². The van der Waals surface area contributed by atoms with Gasteiger partial charge in [-0.2, -0.15) is 5.10 Å². The minimum atomic E-state index is -0.152. The van der Waals surface area contributed by atoms with Crippen LogP contribution in [0.15, 0.2) is 42.7 Å². The molecule has 2 heterocycles. The molecule has 2 N–H and O–H groups in total. The van der Waals surface area contributed by atoms with Crippen LogP contribution in [0, 0.1) is 6.92 Å². The largest absolute Gasteiger partial charge is 0.329 e. The minimum absolute atomic E-state index is 0. The first kappa shape index (κ1) is 24.4. The molecule has 1 amide bonds. The highest BCUT2D eigenvalue weighted by molar-refractivity contribution is 7.17. The molecule has 1 aromatic carbocycles. The van der Waals surface area contributed by atoms with Crippen LogP contribution in [0.5, 0.6) is 0 Å². The molecule has 0 saturated heterocycles. The Bertz CT molecular complexity index is 802. The summed E-state index contributed by atoms with van der Waals surface area (Å²) in [4.78, 5) is 17.3. The van der Waals surface area contributed by atoms with Gasteiger partial charge in [-0.15, -0.1) is 0 Å². The fourth-order valence-corrected chi connectivity index (χ4v) is 2.86. The van der Waals surface area contributed by atoms with Crippen molar-refractivity contribution in [1.82, 2.24) is 14.8 Å². The highest BCUT2D eigenvalue weighted by Crippen LogP contribution is 2.26. The minimum Gasteiger partial charge on any atom is -0.329 e. The summed E-state index contributed by atoms with van der Waals surface area (Å²) in [5.41, 5.74) is 2.30. The molecule has 6 nitrogen and oxygen atoms in total. The van der Waals surface area contributed by atoms with E-state index in [0.717, 1.165) is 11.4 Å². The van der Waals surface area contributed by atoms with Crippen molar-refractivity contribution in [1.29, 1.82) is 0 Å². The maximum absolute atomic E-state index is 12.3. The van der Waals surface area contributed by atoms with Crippen molar-refractivity contribution in [2.24, 2.45) is 7.05 Å². The van der Waals surface area contributed by atoms with Crippen LogP contribution in [0.1, 0.15) is 43.1 Å². The van der Waals surface area contributed by atoms with Gasteiger partial charge in [-0.25, -0.2) is 4.98 Å². The molecule has 0 atom stereocenters. The number of benzene rings is 1. The van der Waals surface area contributed by atoms with Gasteiger partial charge in [0.05, 0.1) is 17.6 Å². The van der Waals surface area contributed by atoms with Crippen LogP contribution in [0.4, 0.5) is 16.5 Å². The number of nitrogens with one attached hydrogen (secondary N) is 2. The Kier molecular flexibility index (Phi) is 11.5. The van der Waals surface area contributed by atoms with Crippen molar-refractivity contribution in [2.45, 2.75) is 34.6 Å². The Labute approximate surface area is 167 Å². The van der Waals surface area contributed by atoms with Crippen molar-refractivity contribution >= 4 is 42.2 Å². The lowest BCUT2D eigenvalue weighted by Crippen LogP contribution is -2.11. The lowest BCUT2D eigenvalue weighted by atomic mass is 10.3. The number of para-hydroxylation sites is 1. The molecule has 0 aliphatic carbocycles. The highest BCUT2D eigenvalue weighted by Gasteiger charge is 2.15. The van der Waals surface area contributed by atoms with Crippen molar-refractivity contribution in [3.63, 3.8) is 0 Å². The quantitative estimate of drug-likeness (QED) is 0.631. The first-order chi connectivity index (χ1) is 12.6. The summed E-state index contributed by atoms with van der Waals surface area (Å²) in [7, 11) is 1.84. The van der Waals surface area contributed by atoms with Crippen LogP contribution in [0.3, 0.4) is 0 Å². The maximum atomic E-state index is 12.3. The number of hydrogen-bond acceptors (Lipinski definition) is 5. The van der Waals surface area contributed by atoms with E-state index in [1.165, 1.54) is 11.3 Å². The van der Waals surface area contributed by atoms with Gasteiger partial charge in [0.15, 0.2) is 5.13 Å². The van der Waals surface area contributed by atoms with Crippen LogP contribution in [0.25, 0.3) is 0 Å². The Balaban J connectivity index is 0.00000127. The lowest BCUT2D eigenvalue weighted by molar-refractivity contribution is 0.103. The van der Waals surface area contributed by atoms with Gasteiger partial charge in [0.2, 0.25) is 0 Å². The standard InChI is InChI=1S/C15H15N5OS.2C2H6.B/c1-10-13(14(21)18-11-6-4-3-5-7-11)22-15(17-10)19-12-8-16-20(2)9-12;2*1-2;/h3-9H,1-2H3,(H,17,19)(H,18,21);2*1-2H3;. The Morgan fingerprint density at radius 2 is 1.70 bits per heavy atom. The molecule has 8 heteroatoms. The van der Waals surface area contributed by atoms with Gasteiger partial charge >= 0.3 is 0 Å². The van der Waals surface area contributed by atoms with E-state index >= 15 is 0 Å². The van der Waals surface area contributed by atoms with E-state index in [1.54, 1.807) is 10.9 Å². The molecule has 2 aromatic heterocycles. The van der Waals surface area contributed by atoms with E-state index in [9.17, 15) is 4.79 Å². The second kappa shape index (κ2) is 12.7. The number of aromatic nitrogens is 3. The van der Waals surface area contributed by atoms with Gasteiger partial charge in [-0.05, 0) is 19.1 Å². The molecule has 0 fully saturated rings. The Hall–Kier alpha value is -2.61. The van der Waals surface area contributed by atoms with Crippen LogP contribution >= 0.6 is 11.3 Å². The zero-order chi connectivity index (χ0) is 19.5. The molecule has 0 aliphatic heterocycles. The number of carbonyl (C=O) groups excluding carboxylic acids is 1. The highest BCUT2D eigenvalue weighted by atomic mass is 32.1. The summed E-state index contributed by atoms with van der Waals surface area (Å²) in [5, 5.41) is 10.8. The molecule has 3 radical (unpaired) electrons. The van der Waals surface area contributed by atoms with E-state index in [1.807, 2.05) is 78.2 Å². The summed E-state index contributed by atoms with van der Waals surface area (Å²) < 4.78 is 1.70. The molecule has 0 saturated carbocycles. The number of carbonyl (C=O) groups is 1. The lowest BCUT2D eigenvalue weighted by Gasteiger charge is -2.02. The number of aryl methyl sites for hydroxylation is 2. The predicted molar refractivity (Wildman–Crippen MR) is 116 cm³/mol. The summed E-state index contributed by atoms with van der Waals surface area (Å²) >= 11 is 1.32. The molecular formula is C19H27BN5OS. The summed E-state index contributed by atoms with van der Waals surface area (Å²) in [6.45, 7) is 9.82. The van der Waals surface area contributed by atoms with Crippen molar-refractivity contribution in [3.8, 4) is 0 Å². The number of anilines is 3. The average Bonchev–Trinajstić information content (AvgIpc) is 3.24. The van der Waals surface area contributed by atoms with Gasteiger partial charge in [0.1, 0.15) is 4.88 Å². The van der Waals surface area contributed by atoms with Crippen molar-refractivity contribution < 1.29 is 4.79 Å². The third-order valence-electron chi connectivity index (χ3n) is 2.99. The maximum Gasteiger partial charge on any atom is 0.267 e.